The van der Waals surface area contributed by atoms with Gasteiger partial charge in [-0.05, 0) is 43.7 Å². The number of hydrogen-bond acceptors (Lipinski definition) is 6. The number of carbonyl (C=O) groups excluding carboxylic acids is 3. The molecule has 1 atom stereocenters. The summed E-state index contributed by atoms with van der Waals surface area (Å²) in [6.45, 7) is 3.38. The van der Waals surface area contributed by atoms with Crippen molar-refractivity contribution >= 4 is 34.1 Å². The van der Waals surface area contributed by atoms with Crippen LogP contribution in [0.5, 0.6) is 0 Å². The monoisotopic (exact) mass is 407 g/mol. The first-order valence-corrected chi connectivity index (χ1v) is 9.53. The van der Waals surface area contributed by atoms with Gasteiger partial charge in [-0.25, -0.2) is 9.89 Å². The molecule has 0 spiro atoms. The number of hydrogen-bond donors (Lipinski definition) is 2. The Balaban J connectivity index is 1.71. The fourth-order valence-corrected chi connectivity index (χ4v) is 2.94. The molecule has 3 aromatic rings. The highest BCUT2D eigenvalue weighted by Gasteiger charge is 2.23. The van der Waals surface area contributed by atoms with E-state index in [1.165, 1.54) is 6.92 Å². The van der Waals surface area contributed by atoms with Crippen molar-refractivity contribution in [3.05, 3.63) is 70.1 Å². The lowest BCUT2D eigenvalue weighted by atomic mass is 10.1. The van der Waals surface area contributed by atoms with Gasteiger partial charge in [0.25, 0.3) is 5.56 Å². The van der Waals surface area contributed by atoms with Gasteiger partial charge in [-0.3, -0.25) is 14.4 Å². The molecule has 0 radical (unpaired) electrons. The van der Waals surface area contributed by atoms with Crippen LogP contribution >= 0.6 is 0 Å². The van der Waals surface area contributed by atoms with Crippen LogP contribution in [0.25, 0.3) is 10.8 Å². The van der Waals surface area contributed by atoms with Crippen molar-refractivity contribution in [3.8, 4) is 0 Å². The third-order valence-electron chi connectivity index (χ3n) is 4.47. The van der Waals surface area contributed by atoms with E-state index in [1.807, 2.05) is 6.92 Å². The highest BCUT2D eigenvalue weighted by Crippen LogP contribution is 2.16. The van der Waals surface area contributed by atoms with E-state index in [1.54, 1.807) is 48.5 Å². The lowest BCUT2D eigenvalue weighted by Crippen LogP contribution is -2.26. The summed E-state index contributed by atoms with van der Waals surface area (Å²) in [5.41, 5.74) is 0.429. The fraction of sp³-hybridized carbons (Fsp3) is 0.227. The van der Waals surface area contributed by atoms with Crippen LogP contribution in [0, 0.1) is 0 Å². The summed E-state index contributed by atoms with van der Waals surface area (Å²) in [5.74, 6) is -1.31. The highest BCUT2D eigenvalue weighted by atomic mass is 16.5. The summed E-state index contributed by atoms with van der Waals surface area (Å²) in [6.07, 6.45) is 0.0943. The second-order valence-electron chi connectivity index (χ2n) is 6.73. The van der Waals surface area contributed by atoms with E-state index in [4.69, 9.17) is 4.74 Å². The number of H-pyrrole nitrogens is 1. The third kappa shape index (κ3) is 4.60. The van der Waals surface area contributed by atoms with E-state index in [0.29, 0.717) is 28.4 Å². The van der Waals surface area contributed by atoms with Gasteiger partial charge in [0.15, 0.2) is 11.8 Å². The molecule has 8 heteroatoms. The van der Waals surface area contributed by atoms with Gasteiger partial charge in [0.1, 0.15) is 0 Å². The molecule has 1 aromatic heterocycles. The predicted octanol–water partition coefficient (Wildman–Crippen LogP) is 3.09. The Hall–Kier alpha value is -3.81. The molecule has 0 aliphatic carbocycles. The van der Waals surface area contributed by atoms with E-state index < -0.39 is 23.4 Å². The van der Waals surface area contributed by atoms with Crippen molar-refractivity contribution in [2.75, 3.05) is 5.32 Å². The van der Waals surface area contributed by atoms with Crippen LogP contribution in [0.1, 0.15) is 47.5 Å². The van der Waals surface area contributed by atoms with Crippen molar-refractivity contribution in [1.29, 1.82) is 0 Å². The first-order chi connectivity index (χ1) is 14.4. The number of rotatable bonds is 7. The molecule has 0 fully saturated rings. The summed E-state index contributed by atoms with van der Waals surface area (Å²) in [6, 6.07) is 12.9. The number of nitrogens with one attached hydrogen (secondary N) is 2. The molecule has 1 amide bonds. The lowest BCUT2D eigenvalue weighted by Gasteiger charge is -2.13. The van der Waals surface area contributed by atoms with Crippen molar-refractivity contribution in [1.82, 2.24) is 10.2 Å². The zero-order valence-electron chi connectivity index (χ0n) is 16.6. The van der Waals surface area contributed by atoms with Crippen LogP contribution in [0.3, 0.4) is 0 Å². The number of fused-ring (bicyclic) bond motifs is 1. The lowest BCUT2D eigenvalue weighted by molar-refractivity contribution is -0.116. The Labute approximate surface area is 172 Å². The normalized spacial score (nSPS) is 11.7. The molecule has 2 aromatic carbocycles. The number of aromatic amines is 1. The van der Waals surface area contributed by atoms with Crippen LogP contribution in [-0.4, -0.2) is 34.0 Å². The van der Waals surface area contributed by atoms with E-state index >= 15 is 0 Å². The molecule has 0 saturated heterocycles. The Bertz CT molecular complexity index is 1150. The molecule has 0 bridgehead atoms. The van der Waals surface area contributed by atoms with Gasteiger partial charge in [0, 0.05) is 23.1 Å². The maximum absolute atomic E-state index is 12.6. The number of Topliss-reactive ketones (excluding diaryl/α,β-unsaturated/α-hetero) is 1. The van der Waals surface area contributed by atoms with Crippen LogP contribution in [-0.2, 0) is 9.53 Å². The first kappa shape index (κ1) is 20.9. The fourth-order valence-electron chi connectivity index (χ4n) is 2.94. The van der Waals surface area contributed by atoms with E-state index in [9.17, 15) is 19.2 Å². The topological polar surface area (TPSA) is 118 Å². The second-order valence-corrected chi connectivity index (χ2v) is 6.73. The number of amides is 1. The van der Waals surface area contributed by atoms with E-state index in [0.717, 1.165) is 6.42 Å². The molecule has 8 nitrogen and oxygen atoms in total. The van der Waals surface area contributed by atoms with Gasteiger partial charge in [0.05, 0.1) is 5.39 Å². The van der Waals surface area contributed by atoms with Crippen molar-refractivity contribution in [2.45, 2.75) is 32.8 Å². The number of aromatic nitrogens is 2. The zero-order chi connectivity index (χ0) is 21.7. The van der Waals surface area contributed by atoms with Crippen molar-refractivity contribution in [3.63, 3.8) is 0 Å². The second kappa shape index (κ2) is 9.13. The minimum atomic E-state index is -1.06. The van der Waals surface area contributed by atoms with Gasteiger partial charge in [-0.2, -0.15) is 5.10 Å². The van der Waals surface area contributed by atoms with Crippen molar-refractivity contribution in [2.24, 2.45) is 0 Å². The Morgan fingerprint density at radius 2 is 1.73 bits per heavy atom. The molecule has 30 heavy (non-hydrogen) atoms. The minimum absolute atomic E-state index is 0.0705. The van der Waals surface area contributed by atoms with Gasteiger partial charge in [0.2, 0.25) is 11.7 Å². The number of nitrogens with zero attached hydrogens (tertiary/aromatic N) is 1. The Kier molecular flexibility index (Phi) is 6.36. The predicted molar refractivity (Wildman–Crippen MR) is 112 cm³/mol. The average Bonchev–Trinajstić information content (AvgIpc) is 2.74. The summed E-state index contributed by atoms with van der Waals surface area (Å²) in [7, 11) is 0. The van der Waals surface area contributed by atoms with Crippen LogP contribution in [0.4, 0.5) is 5.69 Å². The molecule has 154 valence electrons. The first-order valence-electron chi connectivity index (χ1n) is 9.53. The van der Waals surface area contributed by atoms with Gasteiger partial charge < -0.3 is 10.1 Å². The molecule has 0 unspecified atom stereocenters. The maximum Gasteiger partial charge on any atom is 0.360 e. The largest absolute Gasteiger partial charge is 0.449 e. The summed E-state index contributed by atoms with van der Waals surface area (Å²) >= 11 is 0. The number of esters is 1. The minimum Gasteiger partial charge on any atom is -0.449 e. The summed E-state index contributed by atoms with van der Waals surface area (Å²) in [5, 5.41) is 9.44. The van der Waals surface area contributed by atoms with Crippen LogP contribution < -0.4 is 10.9 Å². The molecule has 0 aliphatic rings. The van der Waals surface area contributed by atoms with Crippen LogP contribution in [0.15, 0.2) is 53.3 Å². The van der Waals surface area contributed by atoms with Gasteiger partial charge in [-0.15, -0.1) is 0 Å². The average molecular weight is 407 g/mol. The number of carbonyl (C=O) groups is 3. The number of benzene rings is 2. The number of ether oxygens (including phenoxy) is 1. The Morgan fingerprint density at radius 3 is 2.40 bits per heavy atom. The maximum atomic E-state index is 12.6. The number of ketones is 1. The summed E-state index contributed by atoms with van der Waals surface area (Å²) in [4.78, 5) is 48.7. The molecule has 2 N–H and O–H groups in total. The van der Waals surface area contributed by atoms with Gasteiger partial charge >= 0.3 is 5.97 Å². The van der Waals surface area contributed by atoms with E-state index in [-0.39, 0.29) is 11.6 Å². The standard InChI is InChI=1S/C22H21N3O5/c1-3-6-18(26)23-15-11-9-14(10-12-15)20(27)13(2)30-22(29)19-16-7-4-5-8-17(16)21(28)25-24-19/h4-5,7-13H,3,6H2,1-2H3,(H,23,26)(H,25,28)/t13-/m1/s1. The Morgan fingerprint density at radius 1 is 1.07 bits per heavy atom. The quantitative estimate of drug-likeness (QED) is 0.459. The molecule has 1 heterocycles. The van der Waals surface area contributed by atoms with Crippen LogP contribution in [0.2, 0.25) is 0 Å². The summed E-state index contributed by atoms with van der Waals surface area (Å²) < 4.78 is 5.28. The number of anilines is 1. The van der Waals surface area contributed by atoms with E-state index in [2.05, 4.69) is 15.5 Å². The molecular formula is C22H21N3O5. The van der Waals surface area contributed by atoms with Crippen molar-refractivity contribution < 1.29 is 19.1 Å². The highest BCUT2D eigenvalue weighted by molar-refractivity contribution is 6.05. The smallest absolute Gasteiger partial charge is 0.360 e. The molecular weight excluding hydrogens is 386 g/mol. The molecule has 3 rings (SSSR count). The zero-order valence-corrected chi connectivity index (χ0v) is 16.6. The van der Waals surface area contributed by atoms with Gasteiger partial charge in [-0.1, -0.05) is 25.1 Å². The molecule has 0 aliphatic heterocycles. The third-order valence-corrected chi connectivity index (χ3v) is 4.47. The molecule has 0 saturated carbocycles. The SMILES string of the molecule is CCCC(=O)Nc1ccc(C(=O)[C@@H](C)OC(=O)c2n[nH]c(=O)c3ccccc23)cc1.